The van der Waals surface area contributed by atoms with Gasteiger partial charge in [0, 0.05) is 0 Å². The zero-order valence-corrected chi connectivity index (χ0v) is 9.43. The summed E-state index contributed by atoms with van der Waals surface area (Å²) < 4.78 is 13.5. The molecular weight excluding hydrogens is 235 g/mol. The van der Waals surface area contributed by atoms with Crippen LogP contribution >= 0.6 is 0 Å². The lowest BCUT2D eigenvalue weighted by atomic mass is 10.0. The Labute approximate surface area is 103 Å². The van der Waals surface area contributed by atoms with Gasteiger partial charge in [-0.1, -0.05) is 24.3 Å². The molecule has 2 N–H and O–H groups in total. The second-order valence-corrected chi connectivity index (χ2v) is 3.86. The maximum atomic E-state index is 13.5. The van der Waals surface area contributed by atoms with Gasteiger partial charge >= 0.3 is 5.97 Å². The molecule has 0 fully saturated rings. The third-order valence-electron chi connectivity index (χ3n) is 2.64. The fourth-order valence-electron chi connectivity index (χ4n) is 1.72. The Hall–Kier alpha value is -2.20. The molecule has 0 aliphatic carbocycles. The van der Waals surface area contributed by atoms with Crippen molar-refractivity contribution in [1.29, 1.82) is 0 Å². The third kappa shape index (κ3) is 2.38. The molecule has 0 saturated carbocycles. The van der Waals surface area contributed by atoms with Crippen LogP contribution in [0, 0.1) is 5.82 Å². The molecule has 0 bridgehead atoms. The maximum Gasteiger partial charge on any atom is 0.338 e. The average molecular weight is 246 g/mol. The fraction of sp³-hybridized carbons (Fsp3) is 0.0714. The van der Waals surface area contributed by atoms with Gasteiger partial charge < -0.3 is 10.2 Å². The molecule has 92 valence electrons. The van der Waals surface area contributed by atoms with Crippen LogP contribution in [0.5, 0.6) is 0 Å². The summed E-state index contributed by atoms with van der Waals surface area (Å²) in [5, 5.41) is 17.8. The Bertz CT molecular complexity index is 593. The molecule has 3 nitrogen and oxygen atoms in total. The minimum absolute atomic E-state index is 0.0937. The quantitative estimate of drug-likeness (QED) is 0.875. The van der Waals surface area contributed by atoms with Gasteiger partial charge in [-0.15, -0.1) is 0 Å². The first kappa shape index (κ1) is 12.3. The summed E-state index contributed by atoms with van der Waals surface area (Å²) in [6, 6.07) is 11.0. The summed E-state index contributed by atoms with van der Waals surface area (Å²) in [5.74, 6) is -2.06. The number of aliphatic hydroxyl groups is 1. The van der Waals surface area contributed by atoms with E-state index in [1.807, 2.05) is 0 Å². The number of carbonyl (C=O) groups is 1. The van der Waals surface area contributed by atoms with Crippen molar-refractivity contribution >= 4 is 5.97 Å². The minimum Gasteiger partial charge on any atom is -0.478 e. The molecule has 0 atom stereocenters. The molecule has 0 aromatic heterocycles. The van der Waals surface area contributed by atoms with E-state index in [9.17, 15) is 9.18 Å². The molecule has 0 heterocycles. The molecule has 0 spiro atoms. The van der Waals surface area contributed by atoms with Crippen molar-refractivity contribution in [2.24, 2.45) is 0 Å². The van der Waals surface area contributed by atoms with Gasteiger partial charge in [-0.2, -0.15) is 0 Å². The first-order valence-electron chi connectivity index (χ1n) is 5.35. The summed E-state index contributed by atoms with van der Waals surface area (Å²) >= 11 is 0. The van der Waals surface area contributed by atoms with Crippen LogP contribution in [0.3, 0.4) is 0 Å². The topological polar surface area (TPSA) is 57.5 Å². The van der Waals surface area contributed by atoms with Crippen LogP contribution in [-0.2, 0) is 6.61 Å². The van der Waals surface area contributed by atoms with Crippen LogP contribution < -0.4 is 0 Å². The number of carboxylic acid groups (broad SMARTS) is 1. The maximum absolute atomic E-state index is 13.5. The first-order chi connectivity index (χ1) is 8.61. The Balaban J connectivity index is 2.45. The van der Waals surface area contributed by atoms with Crippen molar-refractivity contribution in [3.63, 3.8) is 0 Å². The van der Waals surface area contributed by atoms with E-state index < -0.39 is 11.8 Å². The molecule has 0 saturated heterocycles. The van der Waals surface area contributed by atoms with Gasteiger partial charge in [0.2, 0.25) is 0 Å². The lowest BCUT2D eigenvalue weighted by Crippen LogP contribution is -2.00. The molecule has 2 aromatic rings. The largest absolute Gasteiger partial charge is 0.478 e. The molecule has 0 unspecified atom stereocenters. The Kier molecular flexibility index (Phi) is 3.39. The normalized spacial score (nSPS) is 10.3. The van der Waals surface area contributed by atoms with E-state index in [4.69, 9.17) is 10.2 Å². The van der Waals surface area contributed by atoms with Crippen molar-refractivity contribution in [2.45, 2.75) is 6.61 Å². The zero-order valence-electron chi connectivity index (χ0n) is 9.43. The predicted molar refractivity (Wildman–Crippen MR) is 64.7 cm³/mol. The van der Waals surface area contributed by atoms with Crippen LogP contribution in [0.4, 0.5) is 4.39 Å². The molecule has 0 amide bonds. The second kappa shape index (κ2) is 4.98. The average Bonchev–Trinajstić information content (AvgIpc) is 2.38. The number of rotatable bonds is 3. The molecule has 18 heavy (non-hydrogen) atoms. The van der Waals surface area contributed by atoms with Gasteiger partial charge in [0.1, 0.15) is 5.82 Å². The van der Waals surface area contributed by atoms with Crippen molar-refractivity contribution < 1.29 is 19.4 Å². The number of carboxylic acids is 1. The highest BCUT2D eigenvalue weighted by molar-refractivity contribution is 5.88. The Morgan fingerprint density at radius 3 is 2.44 bits per heavy atom. The van der Waals surface area contributed by atoms with Crippen molar-refractivity contribution in [2.75, 3.05) is 0 Å². The van der Waals surface area contributed by atoms with Crippen LogP contribution in [0.15, 0.2) is 42.5 Å². The number of hydrogen-bond donors (Lipinski definition) is 2. The summed E-state index contributed by atoms with van der Waals surface area (Å²) in [4.78, 5) is 10.7. The van der Waals surface area contributed by atoms with E-state index in [-0.39, 0.29) is 12.2 Å². The predicted octanol–water partition coefficient (Wildman–Crippen LogP) is 2.68. The van der Waals surface area contributed by atoms with E-state index in [1.165, 1.54) is 12.1 Å². The van der Waals surface area contributed by atoms with Crippen molar-refractivity contribution in [3.05, 3.63) is 59.4 Å². The molecule has 0 radical (unpaired) electrons. The van der Waals surface area contributed by atoms with Crippen LogP contribution in [0.1, 0.15) is 15.9 Å². The molecule has 0 aliphatic heterocycles. The Morgan fingerprint density at radius 1 is 1.11 bits per heavy atom. The molecular formula is C14H11FO3. The number of halogens is 1. The van der Waals surface area contributed by atoms with E-state index in [2.05, 4.69) is 0 Å². The van der Waals surface area contributed by atoms with E-state index in [0.29, 0.717) is 5.56 Å². The van der Waals surface area contributed by atoms with Crippen LogP contribution in [-0.4, -0.2) is 16.2 Å². The summed E-state index contributed by atoms with van der Waals surface area (Å²) in [7, 11) is 0. The summed E-state index contributed by atoms with van der Waals surface area (Å²) in [5.41, 5.74) is 1.68. The van der Waals surface area contributed by atoms with Crippen LogP contribution in [0.2, 0.25) is 0 Å². The summed E-state index contributed by atoms with van der Waals surface area (Å²) in [6.07, 6.45) is 0. The van der Waals surface area contributed by atoms with Gasteiger partial charge in [-0.3, -0.25) is 0 Å². The molecule has 0 aliphatic rings. The minimum atomic E-state index is -1.29. The van der Waals surface area contributed by atoms with Gasteiger partial charge in [-0.25, -0.2) is 9.18 Å². The lowest BCUT2D eigenvalue weighted by Gasteiger charge is -2.05. The zero-order chi connectivity index (χ0) is 13.1. The molecule has 2 rings (SSSR count). The van der Waals surface area contributed by atoms with Crippen LogP contribution in [0.25, 0.3) is 11.1 Å². The highest BCUT2D eigenvalue weighted by atomic mass is 19.1. The number of aliphatic hydroxyl groups excluding tert-OH is 1. The second-order valence-electron chi connectivity index (χ2n) is 3.86. The number of hydrogen-bond acceptors (Lipinski definition) is 2. The molecule has 4 heteroatoms. The van der Waals surface area contributed by atoms with Crippen molar-refractivity contribution in [1.82, 2.24) is 0 Å². The third-order valence-corrected chi connectivity index (χ3v) is 2.64. The monoisotopic (exact) mass is 246 g/mol. The van der Waals surface area contributed by atoms with Gasteiger partial charge in [0.25, 0.3) is 0 Å². The van der Waals surface area contributed by atoms with E-state index in [0.717, 1.165) is 11.1 Å². The SMILES string of the molecule is O=C(O)c1ccc(-c2cccc(CO)c2)cc1F. The van der Waals surface area contributed by atoms with Gasteiger partial charge in [0.05, 0.1) is 12.2 Å². The Morgan fingerprint density at radius 2 is 1.83 bits per heavy atom. The smallest absolute Gasteiger partial charge is 0.338 e. The van der Waals surface area contributed by atoms with Gasteiger partial charge in [0.15, 0.2) is 0 Å². The standard InChI is InChI=1S/C14H11FO3/c15-13-7-11(4-5-12(13)14(17)18)10-3-1-2-9(6-10)8-16/h1-7,16H,8H2,(H,17,18). The molecule has 2 aromatic carbocycles. The summed E-state index contributed by atoms with van der Waals surface area (Å²) in [6.45, 7) is -0.0937. The number of benzene rings is 2. The fourth-order valence-corrected chi connectivity index (χ4v) is 1.72. The van der Waals surface area contributed by atoms with E-state index >= 15 is 0 Å². The van der Waals surface area contributed by atoms with E-state index in [1.54, 1.807) is 30.3 Å². The van der Waals surface area contributed by atoms with Gasteiger partial charge in [-0.05, 0) is 34.9 Å². The first-order valence-corrected chi connectivity index (χ1v) is 5.35. The lowest BCUT2D eigenvalue weighted by molar-refractivity contribution is 0.0692. The number of aromatic carboxylic acids is 1. The highest BCUT2D eigenvalue weighted by Crippen LogP contribution is 2.23. The van der Waals surface area contributed by atoms with Crippen molar-refractivity contribution in [3.8, 4) is 11.1 Å². The highest BCUT2D eigenvalue weighted by Gasteiger charge is 2.11.